The second-order valence-electron chi connectivity index (χ2n) is 4.30. The Morgan fingerprint density at radius 3 is 2.60 bits per heavy atom. The Bertz CT molecular complexity index is 315. The van der Waals surface area contributed by atoms with Crippen LogP contribution in [0, 0.1) is 0 Å². The first-order chi connectivity index (χ1) is 7.15. The van der Waals surface area contributed by atoms with Gasteiger partial charge >= 0.3 is 0 Å². The average Bonchev–Trinajstić information content (AvgIpc) is 2.26. The highest BCUT2D eigenvalue weighted by molar-refractivity contribution is 5.27. The second-order valence-corrected chi connectivity index (χ2v) is 4.30. The third kappa shape index (κ3) is 3.52. The van der Waals surface area contributed by atoms with Gasteiger partial charge in [0.15, 0.2) is 0 Å². The molecule has 0 bridgehead atoms. The van der Waals surface area contributed by atoms with E-state index in [1.54, 1.807) is 0 Å². The topological polar surface area (TPSA) is 26.0 Å². The first-order valence-electron chi connectivity index (χ1n) is 5.61. The van der Waals surface area contributed by atoms with Crippen LogP contribution in [0.25, 0.3) is 0 Å². The molecule has 0 saturated carbocycles. The van der Waals surface area contributed by atoms with Crippen LogP contribution in [0.1, 0.15) is 49.8 Å². The zero-order valence-electron chi connectivity index (χ0n) is 9.74. The largest absolute Gasteiger partial charge is 0.324 e. The molecule has 0 aliphatic rings. The lowest BCUT2D eigenvalue weighted by Crippen LogP contribution is -2.10. The van der Waals surface area contributed by atoms with Crippen LogP contribution in [0.5, 0.6) is 0 Å². The third-order valence-corrected chi connectivity index (χ3v) is 2.69. The smallest absolute Gasteiger partial charge is 0.0297 e. The minimum Gasteiger partial charge on any atom is -0.324 e. The minimum atomic E-state index is 0.140. The Balaban J connectivity index is 2.75. The minimum absolute atomic E-state index is 0.140. The molecule has 0 unspecified atom stereocenters. The molecule has 0 heterocycles. The van der Waals surface area contributed by atoms with Crippen LogP contribution in [0.4, 0.5) is 0 Å². The quantitative estimate of drug-likeness (QED) is 0.724. The molecule has 0 aromatic heterocycles. The summed E-state index contributed by atoms with van der Waals surface area (Å²) in [6.07, 6.45) is 3.88. The highest BCUT2D eigenvalue weighted by atomic mass is 14.6. The fourth-order valence-electron chi connectivity index (χ4n) is 1.61. The van der Waals surface area contributed by atoms with E-state index in [2.05, 4.69) is 44.7 Å². The maximum atomic E-state index is 6.10. The molecule has 2 N–H and O–H groups in total. The Hall–Kier alpha value is -1.08. The predicted molar refractivity (Wildman–Crippen MR) is 66.9 cm³/mol. The van der Waals surface area contributed by atoms with Crippen molar-refractivity contribution < 1.29 is 0 Å². The van der Waals surface area contributed by atoms with Crippen LogP contribution < -0.4 is 5.73 Å². The SMILES string of the molecule is C=CCC[C@H](N)c1cccc(C(C)C)c1. The molecule has 1 nitrogen and oxygen atoms in total. The summed E-state index contributed by atoms with van der Waals surface area (Å²) in [5, 5.41) is 0. The lowest BCUT2D eigenvalue weighted by molar-refractivity contribution is 0.659. The van der Waals surface area contributed by atoms with Crippen LogP contribution in [0.15, 0.2) is 36.9 Å². The highest BCUT2D eigenvalue weighted by Gasteiger charge is 2.06. The van der Waals surface area contributed by atoms with E-state index in [9.17, 15) is 0 Å². The van der Waals surface area contributed by atoms with Gasteiger partial charge in [-0.05, 0) is 29.9 Å². The average molecular weight is 203 g/mol. The number of nitrogens with two attached hydrogens (primary N) is 1. The molecule has 0 saturated heterocycles. The fourth-order valence-corrected chi connectivity index (χ4v) is 1.61. The van der Waals surface area contributed by atoms with E-state index in [4.69, 9.17) is 5.73 Å². The summed E-state index contributed by atoms with van der Waals surface area (Å²) < 4.78 is 0. The van der Waals surface area contributed by atoms with Crippen molar-refractivity contribution in [1.29, 1.82) is 0 Å². The van der Waals surface area contributed by atoms with Crippen molar-refractivity contribution in [2.24, 2.45) is 5.73 Å². The first-order valence-corrected chi connectivity index (χ1v) is 5.61. The maximum absolute atomic E-state index is 6.10. The van der Waals surface area contributed by atoms with Crippen LogP contribution >= 0.6 is 0 Å². The number of benzene rings is 1. The molecule has 1 rings (SSSR count). The van der Waals surface area contributed by atoms with Crippen LogP contribution in [-0.4, -0.2) is 0 Å². The van der Waals surface area contributed by atoms with Crippen molar-refractivity contribution in [3.63, 3.8) is 0 Å². The van der Waals surface area contributed by atoms with Gasteiger partial charge in [0.1, 0.15) is 0 Å². The van der Waals surface area contributed by atoms with Gasteiger partial charge in [0.2, 0.25) is 0 Å². The molecule has 82 valence electrons. The van der Waals surface area contributed by atoms with Gasteiger partial charge in [-0.2, -0.15) is 0 Å². The summed E-state index contributed by atoms with van der Waals surface area (Å²) in [7, 11) is 0. The highest BCUT2D eigenvalue weighted by Crippen LogP contribution is 2.21. The summed E-state index contributed by atoms with van der Waals surface area (Å²) >= 11 is 0. The summed E-state index contributed by atoms with van der Waals surface area (Å²) in [4.78, 5) is 0. The molecule has 0 fully saturated rings. The van der Waals surface area contributed by atoms with Crippen molar-refractivity contribution in [3.05, 3.63) is 48.0 Å². The molecule has 0 aliphatic carbocycles. The van der Waals surface area contributed by atoms with Crippen molar-refractivity contribution >= 4 is 0 Å². The van der Waals surface area contributed by atoms with E-state index in [1.807, 2.05) is 6.08 Å². The molecule has 0 aliphatic heterocycles. The maximum Gasteiger partial charge on any atom is 0.0297 e. The van der Waals surface area contributed by atoms with Crippen LogP contribution in [0.3, 0.4) is 0 Å². The fraction of sp³-hybridized carbons (Fsp3) is 0.429. The van der Waals surface area contributed by atoms with E-state index in [0.29, 0.717) is 5.92 Å². The van der Waals surface area contributed by atoms with Gasteiger partial charge in [-0.15, -0.1) is 6.58 Å². The van der Waals surface area contributed by atoms with Gasteiger partial charge in [-0.1, -0.05) is 44.2 Å². The third-order valence-electron chi connectivity index (χ3n) is 2.69. The van der Waals surface area contributed by atoms with Gasteiger partial charge in [-0.25, -0.2) is 0 Å². The predicted octanol–water partition coefficient (Wildman–Crippen LogP) is 3.78. The lowest BCUT2D eigenvalue weighted by atomic mass is 9.96. The van der Waals surface area contributed by atoms with Crippen LogP contribution in [0.2, 0.25) is 0 Å². The number of hydrogen-bond donors (Lipinski definition) is 1. The molecule has 0 amide bonds. The molecular weight excluding hydrogens is 182 g/mol. The number of hydrogen-bond acceptors (Lipinski definition) is 1. The summed E-state index contributed by atoms with van der Waals surface area (Å²) in [5.74, 6) is 0.566. The summed E-state index contributed by atoms with van der Waals surface area (Å²) in [6, 6.07) is 8.73. The summed E-state index contributed by atoms with van der Waals surface area (Å²) in [6.45, 7) is 8.12. The Morgan fingerprint density at radius 1 is 1.33 bits per heavy atom. The Labute approximate surface area is 93.0 Å². The zero-order chi connectivity index (χ0) is 11.3. The van der Waals surface area contributed by atoms with Crippen molar-refractivity contribution in [2.75, 3.05) is 0 Å². The molecule has 1 atom stereocenters. The van der Waals surface area contributed by atoms with E-state index >= 15 is 0 Å². The molecule has 0 radical (unpaired) electrons. The van der Waals surface area contributed by atoms with Crippen molar-refractivity contribution in [1.82, 2.24) is 0 Å². The van der Waals surface area contributed by atoms with Crippen molar-refractivity contribution in [3.8, 4) is 0 Å². The lowest BCUT2D eigenvalue weighted by Gasteiger charge is -2.13. The summed E-state index contributed by atoms with van der Waals surface area (Å²) in [5.41, 5.74) is 8.70. The van der Waals surface area contributed by atoms with Gasteiger partial charge in [0.25, 0.3) is 0 Å². The van der Waals surface area contributed by atoms with E-state index in [-0.39, 0.29) is 6.04 Å². The molecular formula is C14H21N. The van der Waals surface area contributed by atoms with E-state index in [0.717, 1.165) is 12.8 Å². The Kier molecular flexibility index (Phi) is 4.57. The van der Waals surface area contributed by atoms with Crippen LogP contribution in [-0.2, 0) is 0 Å². The number of allylic oxidation sites excluding steroid dienone is 1. The molecule has 1 aromatic rings. The Morgan fingerprint density at radius 2 is 2.00 bits per heavy atom. The monoisotopic (exact) mass is 203 g/mol. The zero-order valence-corrected chi connectivity index (χ0v) is 9.74. The van der Waals surface area contributed by atoms with Gasteiger partial charge < -0.3 is 5.73 Å². The van der Waals surface area contributed by atoms with Crippen molar-refractivity contribution in [2.45, 2.75) is 38.6 Å². The standard InChI is InChI=1S/C14H21N/c1-4-5-9-14(15)13-8-6-7-12(10-13)11(2)3/h4,6-8,10-11,14H,1,5,9,15H2,2-3H3/t14-/m0/s1. The van der Waals surface area contributed by atoms with Gasteiger partial charge in [-0.3, -0.25) is 0 Å². The second kappa shape index (κ2) is 5.72. The molecule has 1 heteroatoms. The van der Waals surface area contributed by atoms with Gasteiger partial charge in [0.05, 0.1) is 0 Å². The number of rotatable bonds is 5. The first kappa shape index (κ1) is 12.0. The molecule has 15 heavy (non-hydrogen) atoms. The van der Waals surface area contributed by atoms with E-state index < -0.39 is 0 Å². The van der Waals surface area contributed by atoms with E-state index in [1.165, 1.54) is 11.1 Å². The normalized spacial score (nSPS) is 12.8. The van der Waals surface area contributed by atoms with Gasteiger partial charge in [0, 0.05) is 6.04 Å². The molecule has 0 spiro atoms. The molecule has 1 aromatic carbocycles.